The second-order valence-corrected chi connectivity index (χ2v) is 7.14. The predicted octanol–water partition coefficient (Wildman–Crippen LogP) is 3.02. The van der Waals surface area contributed by atoms with Crippen LogP contribution in [0, 0.1) is 5.92 Å². The number of nitrogens with zero attached hydrogens (tertiary/aromatic N) is 4. The summed E-state index contributed by atoms with van der Waals surface area (Å²) < 4.78 is 5.34. The van der Waals surface area contributed by atoms with E-state index in [0.29, 0.717) is 5.92 Å². The van der Waals surface area contributed by atoms with Gasteiger partial charge in [-0.05, 0) is 37.3 Å². The Morgan fingerprint density at radius 3 is 2.85 bits per heavy atom. The Balaban J connectivity index is 1.32. The molecule has 1 aromatic heterocycles. The van der Waals surface area contributed by atoms with Crippen LogP contribution in [0.15, 0.2) is 36.7 Å². The minimum atomic E-state index is 0.617. The maximum absolute atomic E-state index is 5.34. The molecular weight excluding hydrogens is 326 g/mol. The Morgan fingerprint density at radius 1 is 1.12 bits per heavy atom. The summed E-state index contributed by atoms with van der Waals surface area (Å²) in [6.45, 7) is 5.30. The Bertz CT molecular complexity index is 732. The second-order valence-electron chi connectivity index (χ2n) is 7.14. The average Bonchev–Trinajstić information content (AvgIpc) is 3.39. The van der Waals surface area contributed by atoms with Crippen molar-refractivity contribution in [3.63, 3.8) is 0 Å². The van der Waals surface area contributed by atoms with Gasteiger partial charge in [0, 0.05) is 50.5 Å². The van der Waals surface area contributed by atoms with Crippen LogP contribution in [0.4, 0.5) is 17.3 Å². The molecule has 0 radical (unpaired) electrons. The molecule has 1 aromatic carbocycles. The lowest BCUT2D eigenvalue weighted by molar-refractivity contribution is 0.415. The second kappa shape index (κ2) is 7.81. The first kappa shape index (κ1) is 16.9. The SMILES string of the molecule is COc1cccc(N2CC[C@@H](CNc3cc(N4CCCC4)ncn3)C2)c1. The monoisotopic (exact) mass is 353 g/mol. The van der Waals surface area contributed by atoms with E-state index in [9.17, 15) is 0 Å². The molecule has 4 rings (SSSR count). The van der Waals surface area contributed by atoms with Crippen LogP contribution < -0.4 is 19.9 Å². The summed E-state index contributed by atoms with van der Waals surface area (Å²) in [5.41, 5.74) is 1.24. The van der Waals surface area contributed by atoms with Crippen LogP contribution in [-0.2, 0) is 0 Å². The largest absolute Gasteiger partial charge is 0.497 e. The van der Waals surface area contributed by atoms with E-state index in [1.807, 2.05) is 6.07 Å². The summed E-state index contributed by atoms with van der Waals surface area (Å²) in [5, 5.41) is 3.52. The van der Waals surface area contributed by atoms with Gasteiger partial charge in [0.05, 0.1) is 7.11 Å². The molecule has 1 atom stereocenters. The fourth-order valence-corrected chi connectivity index (χ4v) is 3.85. The van der Waals surface area contributed by atoms with Gasteiger partial charge in [-0.3, -0.25) is 0 Å². The smallest absolute Gasteiger partial charge is 0.134 e. The summed E-state index contributed by atoms with van der Waals surface area (Å²) in [4.78, 5) is 13.6. The highest BCUT2D eigenvalue weighted by molar-refractivity contribution is 5.52. The third-order valence-corrected chi connectivity index (χ3v) is 5.36. The molecule has 26 heavy (non-hydrogen) atoms. The Morgan fingerprint density at radius 2 is 2.00 bits per heavy atom. The summed E-state index contributed by atoms with van der Waals surface area (Å²) in [6, 6.07) is 10.4. The predicted molar refractivity (Wildman–Crippen MR) is 105 cm³/mol. The highest BCUT2D eigenvalue weighted by Crippen LogP contribution is 2.27. The van der Waals surface area contributed by atoms with Crippen LogP contribution >= 0.6 is 0 Å². The first-order valence-corrected chi connectivity index (χ1v) is 9.52. The highest BCUT2D eigenvalue weighted by atomic mass is 16.5. The molecule has 138 valence electrons. The molecule has 0 bridgehead atoms. The van der Waals surface area contributed by atoms with Crippen LogP contribution in [0.5, 0.6) is 5.75 Å². The topological polar surface area (TPSA) is 53.5 Å². The van der Waals surface area contributed by atoms with E-state index in [2.05, 4.69) is 49.4 Å². The number of hydrogen-bond acceptors (Lipinski definition) is 6. The van der Waals surface area contributed by atoms with Gasteiger partial charge < -0.3 is 19.9 Å². The zero-order valence-corrected chi connectivity index (χ0v) is 15.4. The lowest BCUT2D eigenvalue weighted by Gasteiger charge is -2.20. The number of hydrogen-bond donors (Lipinski definition) is 1. The van der Waals surface area contributed by atoms with Gasteiger partial charge >= 0.3 is 0 Å². The van der Waals surface area contributed by atoms with Crippen LogP contribution in [0.1, 0.15) is 19.3 Å². The van der Waals surface area contributed by atoms with E-state index in [0.717, 1.165) is 50.1 Å². The molecule has 0 unspecified atom stereocenters. The first-order chi connectivity index (χ1) is 12.8. The number of aromatic nitrogens is 2. The highest BCUT2D eigenvalue weighted by Gasteiger charge is 2.23. The van der Waals surface area contributed by atoms with Gasteiger partial charge in [-0.2, -0.15) is 0 Å². The lowest BCUT2D eigenvalue weighted by Crippen LogP contribution is -2.23. The molecule has 0 amide bonds. The Kier molecular flexibility index (Phi) is 5.09. The van der Waals surface area contributed by atoms with Crippen molar-refractivity contribution < 1.29 is 4.74 Å². The molecule has 6 nitrogen and oxygen atoms in total. The first-order valence-electron chi connectivity index (χ1n) is 9.52. The quantitative estimate of drug-likeness (QED) is 0.861. The maximum Gasteiger partial charge on any atom is 0.134 e. The molecule has 3 heterocycles. The van der Waals surface area contributed by atoms with E-state index in [4.69, 9.17) is 4.74 Å². The van der Waals surface area contributed by atoms with Crippen molar-refractivity contribution in [2.75, 3.05) is 55.0 Å². The number of anilines is 3. The summed E-state index contributed by atoms with van der Waals surface area (Å²) in [7, 11) is 1.72. The Hall–Kier alpha value is -2.50. The molecule has 2 aliphatic rings. The van der Waals surface area contributed by atoms with Gasteiger partial charge in [0.15, 0.2) is 0 Å². The van der Waals surface area contributed by atoms with Gasteiger partial charge in [0.2, 0.25) is 0 Å². The molecule has 2 fully saturated rings. The number of nitrogens with one attached hydrogen (secondary N) is 1. The molecule has 6 heteroatoms. The minimum Gasteiger partial charge on any atom is -0.497 e. The van der Waals surface area contributed by atoms with Crippen molar-refractivity contribution in [2.45, 2.75) is 19.3 Å². The van der Waals surface area contributed by atoms with E-state index in [1.54, 1.807) is 13.4 Å². The van der Waals surface area contributed by atoms with Gasteiger partial charge in [-0.25, -0.2) is 9.97 Å². The van der Waals surface area contributed by atoms with Crippen molar-refractivity contribution in [1.82, 2.24) is 9.97 Å². The molecule has 2 saturated heterocycles. The van der Waals surface area contributed by atoms with Crippen LogP contribution in [0.3, 0.4) is 0 Å². The summed E-state index contributed by atoms with van der Waals surface area (Å²) in [6.07, 6.45) is 5.38. The number of ether oxygens (including phenoxy) is 1. The summed E-state index contributed by atoms with van der Waals surface area (Å²) in [5.74, 6) is 3.51. The van der Waals surface area contributed by atoms with Crippen LogP contribution in [0.25, 0.3) is 0 Å². The van der Waals surface area contributed by atoms with Crippen molar-refractivity contribution in [2.24, 2.45) is 5.92 Å². The van der Waals surface area contributed by atoms with Gasteiger partial charge in [0.25, 0.3) is 0 Å². The molecule has 2 aliphatic heterocycles. The minimum absolute atomic E-state index is 0.617. The van der Waals surface area contributed by atoms with E-state index in [-0.39, 0.29) is 0 Å². The summed E-state index contributed by atoms with van der Waals surface area (Å²) >= 11 is 0. The number of methoxy groups -OCH3 is 1. The van der Waals surface area contributed by atoms with E-state index in [1.165, 1.54) is 24.9 Å². The third kappa shape index (κ3) is 3.84. The fourth-order valence-electron chi connectivity index (χ4n) is 3.85. The van der Waals surface area contributed by atoms with Gasteiger partial charge in [0.1, 0.15) is 23.7 Å². The zero-order valence-electron chi connectivity index (χ0n) is 15.4. The van der Waals surface area contributed by atoms with Crippen molar-refractivity contribution in [3.05, 3.63) is 36.7 Å². The lowest BCUT2D eigenvalue weighted by atomic mass is 10.1. The number of rotatable bonds is 6. The molecule has 0 aliphatic carbocycles. The fraction of sp³-hybridized carbons (Fsp3) is 0.500. The molecule has 0 spiro atoms. The van der Waals surface area contributed by atoms with Crippen LogP contribution in [0.2, 0.25) is 0 Å². The van der Waals surface area contributed by atoms with Crippen molar-refractivity contribution in [3.8, 4) is 5.75 Å². The van der Waals surface area contributed by atoms with Crippen molar-refractivity contribution >= 4 is 17.3 Å². The number of benzene rings is 1. The van der Waals surface area contributed by atoms with E-state index < -0.39 is 0 Å². The van der Waals surface area contributed by atoms with Gasteiger partial charge in [-0.1, -0.05) is 6.07 Å². The molecule has 1 N–H and O–H groups in total. The standard InChI is InChI=1S/C20H27N5O/c1-26-18-6-4-5-17(11-18)25-10-7-16(14-25)13-21-19-12-20(23-15-22-19)24-8-2-3-9-24/h4-6,11-12,15-16H,2-3,7-10,13-14H2,1H3,(H,21,22,23)/t16-/m0/s1. The molecule has 0 saturated carbocycles. The van der Waals surface area contributed by atoms with Crippen molar-refractivity contribution in [1.29, 1.82) is 0 Å². The van der Waals surface area contributed by atoms with Gasteiger partial charge in [-0.15, -0.1) is 0 Å². The normalized spacial score (nSPS) is 19.8. The average molecular weight is 353 g/mol. The van der Waals surface area contributed by atoms with E-state index >= 15 is 0 Å². The maximum atomic E-state index is 5.34. The van der Waals surface area contributed by atoms with Crippen LogP contribution in [-0.4, -0.2) is 49.8 Å². The molecular formula is C20H27N5O. The Labute approximate surface area is 155 Å². The zero-order chi connectivity index (χ0) is 17.8. The third-order valence-electron chi connectivity index (χ3n) is 5.36. The molecule has 2 aromatic rings.